The molecule has 2 heterocycles. The summed E-state index contributed by atoms with van der Waals surface area (Å²) < 4.78 is 1.45. The molecule has 186 valence electrons. The molecule has 1 aliphatic rings. The lowest BCUT2D eigenvalue weighted by molar-refractivity contribution is -0.124. The smallest absolute Gasteiger partial charge is 0.335 e. The summed E-state index contributed by atoms with van der Waals surface area (Å²) in [6.45, 7) is 0.859. The number of hydrogen-bond acceptors (Lipinski definition) is 7. The van der Waals surface area contributed by atoms with Gasteiger partial charge in [-0.3, -0.25) is 9.59 Å². The first-order valence-electron chi connectivity index (χ1n) is 11.3. The van der Waals surface area contributed by atoms with E-state index in [1.807, 2.05) is 0 Å². The third kappa shape index (κ3) is 6.52. The molecule has 2 aromatic carbocycles. The fourth-order valence-corrected chi connectivity index (χ4v) is 4.10. The highest BCUT2D eigenvalue weighted by Gasteiger charge is 2.26. The van der Waals surface area contributed by atoms with E-state index in [2.05, 4.69) is 31.5 Å². The fraction of sp³-hybridized carbons (Fsp3) is 0.250. The van der Waals surface area contributed by atoms with Crippen LogP contribution in [0.1, 0.15) is 35.2 Å². The Kier molecular flexibility index (Phi) is 8.03. The third-order valence-corrected chi connectivity index (χ3v) is 5.95. The molecule has 1 aliphatic heterocycles. The van der Waals surface area contributed by atoms with Gasteiger partial charge in [-0.2, -0.15) is 4.68 Å². The Bertz CT molecular complexity index is 1260. The van der Waals surface area contributed by atoms with Crippen LogP contribution in [0, 0.1) is 0 Å². The van der Waals surface area contributed by atoms with Crippen LogP contribution in [0.3, 0.4) is 0 Å². The summed E-state index contributed by atoms with van der Waals surface area (Å²) in [5.41, 5.74) is 1.79. The minimum absolute atomic E-state index is 0.0961. The van der Waals surface area contributed by atoms with Gasteiger partial charge in [0.15, 0.2) is 0 Å². The predicted octanol–water partition coefficient (Wildman–Crippen LogP) is 2.29. The second-order valence-corrected chi connectivity index (χ2v) is 8.69. The molecule has 0 spiro atoms. The first-order chi connectivity index (χ1) is 17.4. The molecule has 2 amide bonds. The Morgan fingerprint density at radius 1 is 1.22 bits per heavy atom. The standard InChI is InChI=1S/C24H24ClN7O4/c25-17-6-9-21(32-14-27-30-31-32)16(12-17)5-10-22(33)29-20(13-19-2-1-11-26-19)23(34)28-18-7-3-15(4-8-18)24(35)36/h3-10,12,14,19-20,26H,1-2,11,13H2,(H,28,34)(H,29,33)(H,35,36)/t19-,20+/m1/s1. The van der Waals surface area contributed by atoms with Crippen molar-refractivity contribution in [1.29, 1.82) is 0 Å². The molecule has 1 aromatic heterocycles. The summed E-state index contributed by atoms with van der Waals surface area (Å²) in [7, 11) is 0. The maximum absolute atomic E-state index is 13.0. The van der Waals surface area contributed by atoms with Crippen molar-refractivity contribution in [3.63, 3.8) is 0 Å². The van der Waals surface area contributed by atoms with Gasteiger partial charge in [-0.25, -0.2) is 4.79 Å². The number of amides is 2. The van der Waals surface area contributed by atoms with Gasteiger partial charge in [-0.15, -0.1) is 5.10 Å². The largest absolute Gasteiger partial charge is 0.478 e. The van der Waals surface area contributed by atoms with Crippen LogP contribution in [0.25, 0.3) is 11.8 Å². The number of nitrogens with zero attached hydrogens (tertiary/aromatic N) is 4. The van der Waals surface area contributed by atoms with E-state index in [1.165, 1.54) is 41.4 Å². The van der Waals surface area contributed by atoms with E-state index in [0.717, 1.165) is 19.4 Å². The number of carboxylic acid groups (broad SMARTS) is 1. The molecule has 0 radical (unpaired) electrons. The quantitative estimate of drug-likeness (QED) is 0.321. The van der Waals surface area contributed by atoms with Gasteiger partial charge in [-0.05, 0) is 84.8 Å². The van der Waals surface area contributed by atoms with Crippen LogP contribution in [0.4, 0.5) is 5.69 Å². The minimum atomic E-state index is -1.06. The zero-order valence-corrected chi connectivity index (χ0v) is 19.9. The van der Waals surface area contributed by atoms with Gasteiger partial charge in [0.1, 0.15) is 12.4 Å². The fourth-order valence-electron chi connectivity index (χ4n) is 3.92. The van der Waals surface area contributed by atoms with E-state index < -0.39 is 23.8 Å². The van der Waals surface area contributed by atoms with E-state index in [1.54, 1.807) is 24.3 Å². The molecule has 36 heavy (non-hydrogen) atoms. The Balaban J connectivity index is 1.47. The highest BCUT2D eigenvalue weighted by atomic mass is 35.5. The SMILES string of the molecule is O=C(C=Cc1cc(Cl)ccc1-n1cnnn1)N[C@@H](C[C@H]1CCCN1)C(=O)Nc1ccc(C(=O)O)cc1. The first kappa shape index (κ1) is 25.0. The normalized spacial score (nSPS) is 16.1. The summed E-state index contributed by atoms with van der Waals surface area (Å²) in [6.07, 6.45) is 6.64. The highest BCUT2D eigenvalue weighted by molar-refractivity contribution is 6.30. The Hall–Kier alpha value is -4.09. The molecular weight excluding hydrogens is 486 g/mol. The number of carbonyl (C=O) groups excluding carboxylic acids is 2. The van der Waals surface area contributed by atoms with Crippen molar-refractivity contribution in [2.45, 2.75) is 31.3 Å². The first-order valence-corrected chi connectivity index (χ1v) is 11.7. The van der Waals surface area contributed by atoms with Gasteiger partial charge >= 0.3 is 5.97 Å². The predicted molar refractivity (Wildman–Crippen MR) is 133 cm³/mol. The molecule has 4 rings (SSSR count). The Morgan fingerprint density at radius 2 is 2.03 bits per heavy atom. The van der Waals surface area contributed by atoms with E-state index in [-0.39, 0.29) is 11.6 Å². The monoisotopic (exact) mass is 509 g/mol. The van der Waals surface area contributed by atoms with Gasteiger partial charge in [0.25, 0.3) is 0 Å². The number of anilines is 1. The summed E-state index contributed by atoms with van der Waals surface area (Å²) >= 11 is 6.13. The number of carbonyl (C=O) groups is 3. The molecule has 0 saturated carbocycles. The number of rotatable bonds is 9. The summed E-state index contributed by atoms with van der Waals surface area (Å²) in [6, 6.07) is 10.2. The van der Waals surface area contributed by atoms with Crippen molar-refractivity contribution >= 4 is 41.1 Å². The summed E-state index contributed by atoms with van der Waals surface area (Å²) in [4.78, 5) is 36.9. The lowest BCUT2D eigenvalue weighted by Crippen LogP contribution is -2.46. The van der Waals surface area contributed by atoms with Crippen LogP contribution in [-0.2, 0) is 9.59 Å². The maximum atomic E-state index is 13.0. The molecule has 0 unspecified atom stereocenters. The number of nitrogens with one attached hydrogen (secondary N) is 3. The molecular formula is C24H24ClN7O4. The Morgan fingerprint density at radius 3 is 2.69 bits per heavy atom. The number of carboxylic acids is 1. The van der Waals surface area contributed by atoms with E-state index >= 15 is 0 Å². The van der Waals surface area contributed by atoms with Gasteiger partial charge < -0.3 is 21.1 Å². The maximum Gasteiger partial charge on any atom is 0.335 e. The van der Waals surface area contributed by atoms with Crippen LogP contribution in [0.5, 0.6) is 0 Å². The van der Waals surface area contributed by atoms with Crippen LogP contribution in [-0.4, -0.2) is 61.7 Å². The van der Waals surface area contributed by atoms with Crippen molar-refractivity contribution in [3.8, 4) is 5.69 Å². The molecule has 0 bridgehead atoms. The van der Waals surface area contributed by atoms with Crippen molar-refractivity contribution in [2.24, 2.45) is 0 Å². The van der Waals surface area contributed by atoms with Crippen molar-refractivity contribution in [1.82, 2.24) is 30.8 Å². The van der Waals surface area contributed by atoms with E-state index in [4.69, 9.17) is 16.7 Å². The lowest BCUT2D eigenvalue weighted by Gasteiger charge is -2.21. The zero-order chi connectivity index (χ0) is 25.5. The average molecular weight is 510 g/mol. The van der Waals surface area contributed by atoms with E-state index in [0.29, 0.717) is 28.4 Å². The lowest BCUT2D eigenvalue weighted by atomic mass is 10.0. The van der Waals surface area contributed by atoms with Crippen LogP contribution < -0.4 is 16.0 Å². The number of hydrogen-bond donors (Lipinski definition) is 4. The molecule has 11 nitrogen and oxygen atoms in total. The third-order valence-electron chi connectivity index (χ3n) is 5.71. The van der Waals surface area contributed by atoms with E-state index in [9.17, 15) is 14.4 Å². The van der Waals surface area contributed by atoms with Crippen molar-refractivity contribution < 1.29 is 19.5 Å². The van der Waals surface area contributed by atoms with Gasteiger partial charge in [0.2, 0.25) is 11.8 Å². The number of aromatic carboxylic acids is 1. The molecule has 12 heteroatoms. The van der Waals surface area contributed by atoms with Crippen molar-refractivity contribution in [3.05, 3.63) is 71.0 Å². The summed E-state index contributed by atoms with van der Waals surface area (Å²) in [5.74, 6) is -1.91. The molecule has 3 aromatic rings. The highest BCUT2D eigenvalue weighted by Crippen LogP contribution is 2.20. The van der Waals surface area contributed by atoms with Crippen LogP contribution >= 0.6 is 11.6 Å². The molecule has 2 atom stereocenters. The zero-order valence-electron chi connectivity index (χ0n) is 19.1. The molecule has 4 N–H and O–H groups in total. The second kappa shape index (κ2) is 11.6. The number of benzene rings is 2. The van der Waals surface area contributed by atoms with Crippen LogP contribution in [0.15, 0.2) is 54.9 Å². The molecule has 0 aliphatic carbocycles. The number of halogens is 1. The van der Waals surface area contributed by atoms with Crippen LogP contribution in [0.2, 0.25) is 5.02 Å². The number of tetrazole rings is 1. The number of aromatic nitrogens is 4. The minimum Gasteiger partial charge on any atom is -0.478 e. The summed E-state index contributed by atoms with van der Waals surface area (Å²) in [5, 5.41) is 29.5. The average Bonchev–Trinajstić information content (AvgIpc) is 3.57. The molecule has 1 saturated heterocycles. The topological polar surface area (TPSA) is 151 Å². The Labute approximate surface area is 211 Å². The van der Waals surface area contributed by atoms with Gasteiger partial charge in [-0.1, -0.05) is 11.6 Å². The molecule has 1 fully saturated rings. The van der Waals surface area contributed by atoms with Gasteiger partial charge in [0, 0.05) is 28.4 Å². The van der Waals surface area contributed by atoms with Crippen molar-refractivity contribution in [2.75, 3.05) is 11.9 Å². The van der Waals surface area contributed by atoms with Gasteiger partial charge in [0.05, 0.1) is 11.3 Å². The second-order valence-electron chi connectivity index (χ2n) is 8.25.